The quantitative estimate of drug-likeness (QED) is 0.862. The Morgan fingerprint density at radius 2 is 2.16 bits per heavy atom. The third kappa shape index (κ3) is 4.08. The van der Waals surface area contributed by atoms with E-state index < -0.39 is 0 Å². The van der Waals surface area contributed by atoms with Gasteiger partial charge in [-0.3, -0.25) is 4.79 Å². The highest BCUT2D eigenvalue weighted by atomic mass is 35.5. The zero-order valence-electron chi connectivity index (χ0n) is 11.1. The van der Waals surface area contributed by atoms with Gasteiger partial charge in [-0.1, -0.05) is 23.7 Å². The van der Waals surface area contributed by atoms with Crippen molar-refractivity contribution in [3.05, 3.63) is 40.9 Å². The predicted octanol–water partition coefficient (Wildman–Crippen LogP) is 2.56. The molecule has 19 heavy (non-hydrogen) atoms. The molecule has 1 fully saturated rings. The second kappa shape index (κ2) is 6.73. The van der Waals surface area contributed by atoms with Gasteiger partial charge >= 0.3 is 0 Å². The fraction of sp³-hybridized carbons (Fsp3) is 0.400. The largest absolute Gasteiger partial charge is 0.338 e. The van der Waals surface area contributed by atoms with E-state index in [0.29, 0.717) is 11.1 Å². The number of carbonyl (C=O) groups excluding carboxylic acids is 1. The molecule has 0 radical (unpaired) electrons. The van der Waals surface area contributed by atoms with E-state index in [9.17, 15) is 4.79 Å². The molecule has 1 N–H and O–H groups in total. The summed E-state index contributed by atoms with van der Waals surface area (Å²) in [6, 6.07) is 7.87. The lowest BCUT2D eigenvalue weighted by atomic mass is 10.1. The molecule has 0 bridgehead atoms. The predicted molar refractivity (Wildman–Crippen MR) is 79.1 cm³/mol. The van der Waals surface area contributed by atoms with E-state index in [1.807, 2.05) is 42.3 Å². The molecule has 3 nitrogen and oxygen atoms in total. The maximum Gasteiger partial charge on any atom is 0.246 e. The van der Waals surface area contributed by atoms with Crippen LogP contribution < -0.4 is 5.32 Å². The molecule has 1 unspecified atom stereocenters. The summed E-state index contributed by atoms with van der Waals surface area (Å²) >= 11 is 5.82. The summed E-state index contributed by atoms with van der Waals surface area (Å²) in [5.74, 6) is 0.0786. The smallest absolute Gasteiger partial charge is 0.246 e. The Balaban J connectivity index is 1.94. The molecule has 4 heteroatoms. The number of hydrogen-bond acceptors (Lipinski definition) is 2. The number of carbonyl (C=O) groups is 1. The first-order chi connectivity index (χ1) is 9.19. The van der Waals surface area contributed by atoms with Gasteiger partial charge < -0.3 is 10.2 Å². The lowest BCUT2D eigenvalue weighted by molar-refractivity contribution is -0.127. The van der Waals surface area contributed by atoms with Crippen LogP contribution in [0.25, 0.3) is 6.08 Å². The van der Waals surface area contributed by atoms with Gasteiger partial charge in [0.15, 0.2) is 0 Å². The van der Waals surface area contributed by atoms with Crippen LogP contribution in [0, 0.1) is 0 Å². The van der Waals surface area contributed by atoms with Crippen LogP contribution in [0.15, 0.2) is 30.3 Å². The lowest BCUT2D eigenvalue weighted by Crippen LogP contribution is -2.46. The SMILES string of the molecule is CNC1CCCN(C(=O)/C=C/c2ccc(Cl)cc2)C1. The molecule has 102 valence electrons. The van der Waals surface area contributed by atoms with Crippen molar-refractivity contribution >= 4 is 23.6 Å². The van der Waals surface area contributed by atoms with E-state index >= 15 is 0 Å². The molecule has 1 aromatic carbocycles. The molecule has 1 aliphatic heterocycles. The maximum absolute atomic E-state index is 12.1. The zero-order chi connectivity index (χ0) is 13.7. The van der Waals surface area contributed by atoms with Gasteiger partial charge in [-0.25, -0.2) is 0 Å². The molecule has 0 aromatic heterocycles. The van der Waals surface area contributed by atoms with Gasteiger partial charge in [0, 0.05) is 30.2 Å². The van der Waals surface area contributed by atoms with E-state index in [-0.39, 0.29) is 5.91 Å². The van der Waals surface area contributed by atoms with Gasteiger partial charge in [-0.05, 0) is 43.7 Å². The van der Waals surface area contributed by atoms with Crippen molar-refractivity contribution in [1.82, 2.24) is 10.2 Å². The molecule has 1 aromatic rings. The summed E-state index contributed by atoms with van der Waals surface area (Å²) in [4.78, 5) is 14.0. The number of nitrogens with one attached hydrogen (secondary N) is 1. The number of nitrogens with zero attached hydrogens (tertiary/aromatic N) is 1. The van der Waals surface area contributed by atoms with Crippen LogP contribution in [-0.2, 0) is 4.79 Å². The van der Waals surface area contributed by atoms with Crippen LogP contribution in [0.1, 0.15) is 18.4 Å². The number of hydrogen-bond donors (Lipinski definition) is 1. The van der Waals surface area contributed by atoms with Gasteiger partial charge in [-0.2, -0.15) is 0 Å². The first kappa shape index (κ1) is 14.1. The maximum atomic E-state index is 12.1. The minimum atomic E-state index is 0.0786. The number of piperidine rings is 1. The van der Waals surface area contributed by atoms with Gasteiger partial charge in [0.2, 0.25) is 5.91 Å². The first-order valence-corrected chi connectivity index (χ1v) is 6.96. The van der Waals surface area contributed by atoms with Crippen molar-refractivity contribution in [3.8, 4) is 0 Å². The minimum Gasteiger partial charge on any atom is -0.338 e. The molecule has 0 spiro atoms. The number of benzene rings is 1. The van der Waals surface area contributed by atoms with Crippen molar-refractivity contribution in [2.75, 3.05) is 20.1 Å². The fourth-order valence-electron chi connectivity index (χ4n) is 2.26. The summed E-state index contributed by atoms with van der Waals surface area (Å²) in [5.41, 5.74) is 0.986. The van der Waals surface area contributed by atoms with Crippen LogP contribution in [0.5, 0.6) is 0 Å². The Kier molecular flexibility index (Phi) is 5.00. The number of halogens is 1. The van der Waals surface area contributed by atoms with E-state index in [1.54, 1.807) is 6.08 Å². The molecular weight excluding hydrogens is 260 g/mol. The Morgan fingerprint density at radius 1 is 1.42 bits per heavy atom. The summed E-state index contributed by atoms with van der Waals surface area (Å²) in [6.45, 7) is 1.64. The summed E-state index contributed by atoms with van der Waals surface area (Å²) < 4.78 is 0. The first-order valence-electron chi connectivity index (χ1n) is 6.59. The Morgan fingerprint density at radius 3 is 2.84 bits per heavy atom. The number of likely N-dealkylation sites (tertiary alicyclic amines) is 1. The highest BCUT2D eigenvalue weighted by molar-refractivity contribution is 6.30. The minimum absolute atomic E-state index is 0.0786. The molecular formula is C15H19ClN2O. The molecule has 1 heterocycles. The molecule has 0 saturated carbocycles. The van der Waals surface area contributed by atoms with Crippen molar-refractivity contribution < 1.29 is 4.79 Å². The monoisotopic (exact) mass is 278 g/mol. The summed E-state index contributed by atoms with van der Waals surface area (Å²) in [6.07, 6.45) is 5.68. The molecule has 1 amide bonds. The molecule has 1 atom stereocenters. The number of likely N-dealkylation sites (N-methyl/N-ethyl adjacent to an activating group) is 1. The van der Waals surface area contributed by atoms with Gasteiger partial charge in [-0.15, -0.1) is 0 Å². The topological polar surface area (TPSA) is 32.3 Å². The van der Waals surface area contributed by atoms with Crippen LogP contribution in [0.3, 0.4) is 0 Å². The molecule has 1 aliphatic rings. The third-order valence-electron chi connectivity index (χ3n) is 3.43. The van der Waals surface area contributed by atoms with Crippen molar-refractivity contribution in [2.24, 2.45) is 0 Å². The highest BCUT2D eigenvalue weighted by Gasteiger charge is 2.20. The lowest BCUT2D eigenvalue weighted by Gasteiger charge is -2.31. The summed E-state index contributed by atoms with van der Waals surface area (Å²) in [5, 5.41) is 3.94. The molecule has 2 rings (SSSR count). The van der Waals surface area contributed by atoms with Crippen LogP contribution >= 0.6 is 11.6 Å². The molecule has 1 saturated heterocycles. The Labute approximate surface area is 119 Å². The van der Waals surface area contributed by atoms with Gasteiger partial charge in [0.1, 0.15) is 0 Å². The Bertz CT molecular complexity index is 456. The van der Waals surface area contributed by atoms with Crippen LogP contribution in [0.4, 0.5) is 0 Å². The van der Waals surface area contributed by atoms with Gasteiger partial charge in [0.05, 0.1) is 0 Å². The van der Waals surface area contributed by atoms with Crippen molar-refractivity contribution in [2.45, 2.75) is 18.9 Å². The van der Waals surface area contributed by atoms with E-state index in [2.05, 4.69) is 5.32 Å². The number of rotatable bonds is 3. The van der Waals surface area contributed by atoms with Crippen molar-refractivity contribution in [1.29, 1.82) is 0 Å². The Hall–Kier alpha value is -1.32. The second-order valence-corrected chi connectivity index (χ2v) is 5.23. The third-order valence-corrected chi connectivity index (χ3v) is 3.68. The molecule has 0 aliphatic carbocycles. The van der Waals surface area contributed by atoms with Crippen LogP contribution in [-0.4, -0.2) is 37.0 Å². The highest BCUT2D eigenvalue weighted by Crippen LogP contribution is 2.13. The summed E-state index contributed by atoms with van der Waals surface area (Å²) in [7, 11) is 1.95. The normalized spacial score (nSPS) is 19.9. The zero-order valence-corrected chi connectivity index (χ0v) is 11.9. The average molecular weight is 279 g/mol. The second-order valence-electron chi connectivity index (χ2n) is 4.80. The number of amides is 1. The van der Waals surface area contributed by atoms with Crippen LogP contribution in [0.2, 0.25) is 5.02 Å². The average Bonchev–Trinajstić information content (AvgIpc) is 2.46. The van der Waals surface area contributed by atoms with Gasteiger partial charge in [0.25, 0.3) is 0 Å². The van der Waals surface area contributed by atoms with E-state index in [0.717, 1.165) is 31.5 Å². The van der Waals surface area contributed by atoms with E-state index in [1.165, 1.54) is 0 Å². The van der Waals surface area contributed by atoms with Crippen molar-refractivity contribution in [3.63, 3.8) is 0 Å². The fourth-order valence-corrected chi connectivity index (χ4v) is 2.39. The standard InChI is InChI=1S/C15H19ClN2O/c1-17-14-3-2-10-18(11-14)15(19)9-6-12-4-7-13(16)8-5-12/h4-9,14,17H,2-3,10-11H2,1H3/b9-6+. The van der Waals surface area contributed by atoms with E-state index in [4.69, 9.17) is 11.6 Å².